The second-order valence-electron chi connectivity index (χ2n) is 3.07. The van der Waals surface area contributed by atoms with Gasteiger partial charge < -0.3 is 5.11 Å². The van der Waals surface area contributed by atoms with E-state index in [1.807, 2.05) is 0 Å². The van der Waals surface area contributed by atoms with Crippen molar-refractivity contribution in [1.29, 1.82) is 0 Å². The van der Waals surface area contributed by atoms with E-state index in [2.05, 4.69) is 0 Å². The molecule has 0 bridgehead atoms. The zero-order valence-electron chi connectivity index (χ0n) is 6.55. The standard InChI is InChI=1S/C8H10O3/c1-5-3-7(10)8(2,11)4-6(5)9/h3,11H,4H2,1-2H3/t8-/m1/s1. The lowest BCUT2D eigenvalue weighted by atomic mass is 9.86. The van der Waals surface area contributed by atoms with Crippen molar-refractivity contribution in [2.45, 2.75) is 25.9 Å². The Kier molecular flexibility index (Phi) is 1.68. The van der Waals surface area contributed by atoms with Crippen LogP contribution in [0.2, 0.25) is 0 Å². The van der Waals surface area contributed by atoms with Gasteiger partial charge in [0.05, 0.1) is 0 Å². The molecule has 1 aliphatic rings. The highest BCUT2D eigenvalue weighted by Crippen LogP contribution is 2.20. The molecule has 0 aromatic rings. The summed E-state index contributed by atoms with van der Waals surface area (Å²) in [6.07, 6.45) is 1.11. The van der Waals surface area contributed by atoms with Crippen LogP contribution < -0.4 is 0 Å². The Hall–Kier alpha value is -0.960. The van der Waals surface area contributed by atoms with E-state index in [9.17, 15) is 14.7 Å². The Morgan fingerprint density at radius 2 is 2.09 bits per heavy atom. The normalized spacial score (nSPS) is 32.1. The largest absolute Gasteiger partial charge is 0.382 e. The lowest BCUT2D eigenvalue weighted by molar-refractivity contribution is -0.137. The molecular formula is C8H10O3. The number of hydrogen-bond donors (Lipinski definition) is 1. The first-order valence-corrected chi connectivity index (χ1v) is 3.42. The lowest BCUT2D eigenvalue weighted by Gasteiger charge is -2.23. The van der Waals surface area contributed by atoms with Gasteiger partial charge in [-0.3, -0.25) is 9.59 Å². The van der Waals surface area contributed by atoms with Gasteiger partial charge in [-0.15, -0.1) is 0 Å². The van der Waals surface area contributed by atoms with Crippen molar-refractivity contribution in [2.75, 3.05) is 0 Å². The Balaban J connectivity index is 3.03. The number of Topliss-reactive ketones (excluding diaryl/α,β-unsaturated/α-hetero) is 1. The molecule has 0 aromatic heterocycles. The van der Waals surface area contributed by atoms with Crippen LogP contribution in [-0.2, 0) is 9.59 Å². The van der Waals surface area contributed by atoms with Gasteiger partial charge in [-0.1, -0.05) is 0 Å². The Labute approximate surface area is 64.7 Å². The lowest BCUT2D eigenvalue weighted by Crippen LogP contribution is -2.39. The number of carbonyl (C=O) groups excluding carboxylic acids is 2. The van der Waals surface area contributed by atoms with Crippen molar-refractivity contribution >= 4 is 11.6 Å². The molecule has 0 spiro atoms. The van der Waals surface area contributed by atoms with Gasteiger partial charge in [0, 0.05) is 6.42 Å². The highest BCUT2D eigenvalue weighted by atomic mass is 16.3. The molecular weight excluding hydrogens is 144 g/mol. The summed E-state index contributed by atoms with van der Waals surface area (Å²) in [6, 6.07) is 0. The SMILES string of the molecule is CC1=CC(=O)[C@](C)(O)CC1=O. The first kappa shape index (κ1) is 8.14. The number of allylic oxidation sites excluding steroid dienone is 1. The van der Waals surface area contributed by atoms with E-state index in [0.29, 0.717) is 5.57 Å². The molecule has 11 heavy (non-hydrogen) atoms. The van der Waals surface area contributed by atoms with E-state index < -0.39 is 5.60 Å². The monoisotopic (exact) mass is 154 g/mol. The Morgan fingerprint density at radius 1 is 1.55 bits per heavy atom. The van der Waals surface area contributed by atoms with Crippen LogP contribution in [0.15, 0.2) is 11.6 Å². The number of ketones is 2. The van der Waals surface area contributed by atoms with E-state index in [1.54, 1.807) is 6.92 Å². The third-order valence-corrected chi connectivity index (χ3v) is 1.82. The molecule has 0 saturated heterocycles. The third kappa shape index (κ3) is 1.38. The fourth-order valence-electron chi connectivity index (χ4n) is 0.972. The average Bonchev–Trinajstić information content (AvgIpc) is 1.83. The maximum Gasteiger partial charge on any atom is 0.187 e. The summed E-state index contributed by atoms with van der Waals surface area (Å²) in [5.74, 6) is -0.538. The summed E-state index contributed by atoms with van der Waals surface area (Å²) in [5, 5.41) is 9.32. The summed E-state index contributed by atoms with van der Waals surface area (Å²) in [5.41, 5.74) is -1.04. The first-order valence-electron chi connectivity index (χ1n) is 3.42. The van der Waals surface area contributed by atoms with Gasteiger partial charge in [0.15, 0.2) is 11.6 Å². The minimum absolute atomic E-state index is 0.0891. The molecule has 0 saturated carbocycles. The van der Waals surface area contributed by atoms with Crippen LogP contribution in [0.1, 0.15) is 20.3 Å². The van der Waals surface area contributed by atoms with Crippen molar-refractivity contribution in [3.8, 4) is 0 Å². The van der Waals surface area contributed by atoms with Crippen LogP contribution in [0.3, 0.4) is 0 Å². The van der Waals surface area contributed by atoms with Gasteiger partial charge in [-0.05, 0) is 25.5 Å². The molecule has 1 N–H and O–H groups in total. The number of carbonyl (C=O) groups is 2. The molecule has 0 amide bonds. The fraction of sp³-hybridized carbons (Fsp3) is 0.500. The minimum Gasteiger partial charge on any atom is -0.382 e. The van der Waals surface area contributed by atoms with Gasteiger partial charge in [-0.2, -0.15) is 0 Å². The average molecular weight is 154 g/mol. The minimum atomic E-state index is -1.48. The molecule has 1 atom stereocenters. The topological polar surface area (TPSA) is 54.4 Å². The zero-order valence-corrected chi connectivity index (χ0v) is 6.55. The highest BCUT2D eigenvalue weighted by Gasteiger charge is 2.35. The molecule has 0 radical (unpaired) electrons. The van der Waals surface area contributed by atoms with Crippen LogP contribution in [0, 0.1) is 0 Å². The summed E-state index contributed by atoms with van der Waals surface area (Å²) < 4.78 is 0. The molecule has 1 rings (SSSR count). The van der Waals surface area contributed by atoms with Gasteiger partial charge in [0.2, 0.25) is 0 Å². The summed E-state index contributed by atoms with van der Waals surface area (Å²) in [4.78, 5) is 22.0. The highest BCUT2D eigenvalue weighted by molar-refractivity contribution is 6.11. The van der Waals surface area contributed by atoms with Gasteiger partial charge in [0.25, 0.3) is 0 Å². The van der Waals surface area contributed by atoms with Crippen molar-refractivity contribution in [3.05, 3.63) is 11.6 Å². The van der Waals surface area contributed by atoms with Crippen LogP contribution in [-0.4, -0.2) is 22.3 Å². The quantitative estimate of drug-likeness (QED) is 0.543. The van der Waals surface area contributed by atoms with E-state index >= 15 is 0 Å². The first-order chi connectivity index (χ1) is 4.93. The number of aliphatic hydroxyl groups is 1. The fourth-order valence-corrected chi connectivity index (χ4v) is 0.972. The molecule has 0 heterocycles. The van der Waals surface area contributed by atoms with Crippen molar-refractivity contribution in [3.63, 3.8) is 0 Å². The van der Waals surface area contributed by atoms with E-state index in [-0.39, 0.29) is 18.0 Å². The maximum absolute atomic E-state index is 11.0. The van der Waals surface area contributed by atoms with Crippen LogP contribution in [0.25, 0.3) is 0 Å². The summed E-state index contributed by atoms with van der Waals surface area (Å²) in [7, 11) is 0. The van der Waals surface area contributed by atoms with Crippen molar-refractivity contribution in [2.24, 2.45) is 0 Å². The zero-order chi connectivity index (χ0) is 8.65. The van der Waals surface area contributed by atoms with E-state index in [0.717, 1.165) is 0 Å². The van der Waals surface area contributed by atoms with Gasteiger partial charge in [-0.25, -0.2) is 0 Å². The van der Waals surface area contributed by atoms with Crippen molar-refractivity contribution < 1.29 is 14.7 Å². The van der Waals surface area contributed by atoms with Gasteiger partial charge in [0.1, 0.15) is 5.60 Å². The Bertz CT molecular complexity index is 248. The molecule has 3 nitrogen and oxygen atoms in total. The van der Waals surface area contributed by atoms with Gasteiger partial charge >= 0.3 is 0 Å². The van der Waals surface area contributed by atoms with Crippen molar-refractivity contribution in [1.82, 2.24) is 0 Å². The van der Waals surface area contributed by atoms with E-state index in [1.165, 1.54) is 13.0 Å². The van der Waals surface area contributed by atoms with E-state index in [4.69, 9.17) is 0 Å². The van der Waals surface area contributed by atoms with Crippen LogP contribution in [0.4, 0.5) is 0 Å². The molecule has 0 aliphatic heterocycles. The predicted octanol–water partition coefficient (Wildman–Crippen LogP) is 0.226. The molecule has 60 valence electrons. The van der Waals surface area contributed by atoms with Crippen LogP contribution in [0.5, 0.6) is 0 Å². The molecule has 3 heteroatoms. The summed E-state index contributed by atoms with van der Waals surface area (Å²) in [6.45, 7) is 2.94. The molecule has 0 unspecified atom stereocenters. The predicted molar refractivity (Wildman–Crippen MR) is 39.0 cm³/mol. The Morgan fingerprint density at radius 3 is 2.55 bits per heavy atom. The maximum atomic E-state index is 11.0. The second kappa shape index (κ2) is 2.27. The summed E-state index contributed by atoms with van der Waals surface area (Å²) >= 11 is 0. The smallest absolute Gasteiger partial charge is 0.187 e. The number of rotatable bonds is 0. The number of hydrogen-bond acceptors (Lipinski definition) is 3. The molecule has 1 aliphatic carbocycles. The molecule has 0 aromatic carbocycles. The van der Waals surface area contributed by atoms with Crippen LogP contribution >= 0.6 is 0 Å². The molecule has 0 fully saturated rings. The third-order valence-electron chi connectivity index (χ3n) is 1.82. The second-order valence-corrected chi connectivity index (χ2v) is 3.07.